The third-order valence-electron chi connectivity index (χ3n) is 3.99. The van der Waals surface area contributed by atoms with Crippen molar-refractivity contribution in [2.24, 2.45) is 0 Å². The van der Waals surface area contributed by atoms with E-state index in [0.717, 1.165) is 5.56 Å². The average molecular weight is 378 g/mol. The summed E-state index contributed by atoms with van der Waals surface area (Å²) in [4.78, 5) is 0. The van der Waals surface area contributed by atoms with Crippen molar-refractivity contribution in [3.05, 3.63) is 35.9 Å². The van der Waals surface area contributed by atoms with Gasteiger partial charge in [0.2, 0.25) is 0 Å². The van der Waals surface area contributed by atoms with Crippen LogP contribution < -0.4 is 0 Å². The second kappa shape index (κ2) is 10.2. The van der Waals surface area contributed by atoms with Crippen LogP contribution in [0.25, 0.3) is 0 Å². The minimum absolute atomic E-state index is 0.331. The Morgan fingerprint density at radius 1 is 1.19 bits per heavy atom. The Kier molecular flexibility index (Phi) is 8.55. The molecule has 0 amide bonds. The molecule has 1 fully saturated rings. The molecular formula is C17H25B2O6P. The lowest BCUT2D eigenvalue weighted by atomic mass is 10.1. The lowest BCUT2D eigenvalue weighted by molar-refractivity contribution is -0.337. The maximum absolute atomic E-state index is 6.09. The Morgan fingerprint density at radius 2 is 1.85 bits per heavy atom. The van der Waals surface area contributed by atoms with Crippen LogP contribution in [0.2, 0.25) is 0 Å². The molecule has 1 aliphatic rings. The molecule has 6 nitrogen and oxygen atoms in total. The van der Waals surface area contributed by atoms with Gasteiger partial charge in [-0.15, -0.1) is 0 Å². The molecule has 0 bridgehead atoms. The lowest BCUT2D eigenvalue weighted by Gasteiger charge is -2.45. The van der Waals surface area contributed by atoms with E-state index in [1.54, 1.807) is 0 Å². The molecule has 0 aliphatic carbocycles. The monoisotopic (exact) mass is 378 g/mol. The molecule has 26 heavy (non-hydrogen) atoms. The highest BCUT2D eigenvalue weighted by Crippen LogP contribution is 2.35. The number of ether oxygens (including phenoxy) is 5. The van der Waals surface area contributed by atoms with Crippen molar-refractivity contribution in [2.75, 3.05) is 20.8 Å². The Morgan fingerprint density at radius 3 is 2.42 bits per heavy atom. The predicted octanol–water partition coefficient (Wildman–Crippen LogP) is 2.29. The molecule has 1 heterocycles. The summed E-state index contributed by atoms with van der Waals surface area (Å²) < 4.78 is 34.4. The maximum atomic E-state index is 6.09. The maximum Gasteiger partial charge on any atom is 0.185 e. The van der Waals surface area contributed by atoms with Crippen LogP contribution in [-0.2, 0) is 34.8 Å². The van der Waals surface area contributed by atoms with Crippen molar-refractivity contribution in [2.45, 2.75) is 50.8 Å². The van der Waals surface area contributed by atoms with Crippen molar-refractivity contribution >= 4 is 23.0 Å². The minimum Gasteiger partial charge on any atom is -0.370 e. The zero-order valence-electron chi connectivity index (χ0n) is 15.7. The molecule has 0 saturated carbocycles. The molecule has 9 heteroatoms. The first-order valence-corrected chi connectivity index (χ1v) is 9.75. The number of methoxy groups -OCH3 is 2. The lowest BCUT2D eigenvalue weighted by Crippen LogP contribution is -2.58. The van der Waals surface area contributed by atoms with Gasteiger partial charge >= 0.3 is 0 Å². The van der Waals surface area contributed by atoms with Gasteiger partial charge in [-0.2, -0.15) is 0 Å². The summed E-state index contributed by atoms with van der Waals surface area (Å²) in [6.07, 6.45) is -2.33. The van der Waals surface area contributed by atoms with Crippen LogP contribution in [-0.4, -0.2) is 66.3 Å². The summed E-state index contributed by atoms with van der Waals surface area (Å²) in [5, 5.41) is 0. The van der Waals surface area contributed by atoms with E-state index in [0.29, 0.717) is 13.2 Å². The zero-order chi connectivity index (χ0) is 19.2. The summed E-state index contributed by atoms with van der Waals surface area (Å²) in [5.41, 5.74) is 1.04. The molecule has 0 N–H and O–H groups in total. The van der Waals surface area contributed by atoms with Crippen molar-refractivity contribution < 1.29 is 28.2 Å². The topological polar surface area (TPSA) is 55.4 Å². The minimum atomic E-state index is -1.65. The fourth-order valence-corrected chi connectivity index (χ4v) is 3.28. The van der Waals surface area contributed by atoms with Crippen molar-refractivity contribution in [3.8, 4) is 0 Å². The van der Waals surface area contributed by atoms with Crippen LogP contribution in [0.3, 0.4) is 0 Å². The second-order valence-corrected chi connectivity index (χ2v) is 7.33. The van der Waals surface area contributed by atoms with Crippen molar-refractivity contribution in [3.63, 3.8) is 0 Å². The van der Waals surface area contributed by atoms with Gasteiger partial charge < -0.3 is 28.2 Å². The van der Waals surface area contributed by atoms with Crippen LogP contribution >= 0.6 is 7.91 Å². The van der Waals surface area contributed by atoms with Crippen LogP contribution in [0.5, 0.6) is 0 Å². The van der Waals surface area contributed by atoms with E-state index < -0.39 is 38.3 Å². The quantitative estimate of drug-likeness (QED) is 0.374. The highest BCUT2D eigenvalue weighted by atomic mass is 31.1. The summed E-state index contributed by atoms with van der Waals surface area (Å²) in [7, 11) is 12.8. The molecule has 1 aromatic rings. The molecule has 3 atom stereocenters. The van der Waals surface area contributed by atoms with E-state index in [-0.39, 0.29) is 0 Å². The SMILES string of the molecule is [B]P([B])O[C@@H](C(OC)OC)[C@@H]1OC(C)(C)OC[C@@H]1OCc1ccccc1. The van der Waals surface area contributed by atoms with Gasteiger partial charge in [-0.25, -0.2) is 0 Å². The zero-order valence-corrected chi connectivity index (χ0v) is 16.6. The molecule has 2 rings (SSSR count). The van der Waals surface area contributed by atoms with Gasteiger partial charge in [-0.05, 0) is 19.4 Å². The highest BCUT2D eigenvalue weighted by molar-refractivity contribution is 7.97. The third kappa shape index (κ3) is 6.31. The van der Waals surface area contributed by atoms with E-state index in [4.69, 9.17) is 43.3 Å². The molecule has 1 aromatic carbocycles. The Hall–Kier alpha value is -0.460. The summed E-state index contributed by atoms with van der Waals surface area (Å²) in [5.74, 6) is -0.809. The first-order valence-electron chi connectivity index (χ1n) is 8.35. The standard InChI is InChI=1S/C17H25B2O6P/c1-17(2)23-11-13(22-10-12-8-6-5-7-9-12)14(24-17)15(25-26(18)19)16(20-3)21-4/h5-9,13-16H,10-11H2,1-4H3/t13-,14+,15+/m0/s1. The third-order valence-corrected chi connectivity index (χ3v) is 4.48. The molecule has 0 spiro atoms. The molecule has 0 unspecified atom stereocenters. The molecule has 4 radical (unpaired) electrons. The first-order chi connectivity index (χ1) is 12.4. The summed E-state index contributed by atoms with van der Waals surface area (Å²) >= 11 is 0. The second-order valence-electron chi connectivity index (χ2n) is 6.40. The highest BCUT2D eigenvalue weighted by Gasteiger charge is 2.45. The van der Waals surface area contributed by atoms with E-state index in [2.05, 4.69) is 0 Å². The Bertz CT molecular complexity index is 529. The van der Waals surface area contributed by atoms with Crippen LogP contribution in [0.1, 0.15) is 19.4 Å². The van der Waals surface area contributed by atoms with E-state index in [1.165, 1.54) is 14.2 Å². The Labute approximate surface area is 159 Å². The Balaban J connectivity index is 2.17. The average Bonchev–Trinajstić information content (AvgIpc) is 2.61. The molecule has 1 aliphatic heterocycles. The number of hydrogen-bond acceptors (Lipinski definition) is 6. The number of rotatable bonds is 9. The van der Waals surface area contributed by atoms with Gasteiger partial charge in [0.25, 0.3) is 0 Å². The van der Waals surface area contributed by atoms with E-state index >= 15 is 0 Å². The first kappa shape index (κ1) is 21.8. The van der Waals surface area contributed by atoms with Gasteiger partial charge in [-0.1, -0.05) is 38.2 Å². The van der Waals surface area contributed by atoms with Crippen molar-refractivity contribution in [1.82, 2.24) is 0 Å². The molecule has 1 saturated heterocycles. The van der Waals surface area contributed by atoms with Crippen LogP contribution in [0.4, 0.5) is 0 Å². The van der Waals surface area contributed by atoms with Gasteiger partial charge in [-0.3, -0.25) is 0 Å². The molecular weight excluding hydrogens is 353 g/mol. The van der Waals surface area contributed by atoms with E-state index in [9.17, 15) is 0 Å². The normalized spacial score (nSPS) is 24.1. The predicted molar refractivity (Wildman–Crippen MR) is 101 cm³/mol. The van der Waals surface area contributed by atoms with E-state index in [1.807, 2.05) is 44.2 Å². The molecule has 0 aromatic heterocycles. The van der Waals surface area contributed by atoms with Crippen molar-refractivity contribution in [1.29, 1.82) is 0 Å². The van der Waals surface area contributed by atoms with Gasteiger partial charge in [0.15, 0.2) is 12.1 Å². The van der Waals surface area contributed by atoms with Gasteiger partial charge in [0.1, 0.15) is 33.4 Å². The number of hydrogen-bond donors (Lipinski definition) is 0. The fourth-order valence-electron chi connectivity index (χ4n) is 2.78. The van der Waals surface area contributed by atoms with Gasteiger partial charge in [0, 0.05) is 14.2 Å². The fraction of sp³-hybridized carbons (Fsp3) is 0.647. The van der Waals surface area contributed by atoms with Crippen LogP contribution in [0, 0.1) is 0 Å². The number of benzene rings is 1. The smallest absolute Gasteiger partial charge is 0.185 e. The van der Waals surface area contributed by atoms with Gasteiger partial charge in [0.05, 0.1) is 13.2 Å². The molecule has 140 valence electrons. The largest absolute Gasteiger partial charge is 0.370 e. The van der Waals surface area contributed by atoms with Crippen LogP contribution in [0.15, 0.2) is 30.3 Å². The summed E-state index contributed by atoms with van der Waals surface area (Å²) in [6, 6.07) is 9.85. The summed E-state index contributed by atoms with van der Waals surface area (Å²) in [6.45, 7) is 4.39.